The third-order valence-corrected chi connectivity index (χ3v) is 4.14. The van der Waals surface area contributed by atoms with Crippen LogP contribution in [0, 0.1) is 5.82 Å². The Labute approximate surface area is 145 Å². The van der Waals surface area contributed by atoms with Crippen LogP contribution in [0.5, 0.6) is 0 Å². The van der Waals surface area contributed by atoms with Gasteiger partial charge in [0.15, 0.2) is 0 Å². The van der Waals surface area contributed by atoms with Crippen LogP contribution in [0.15, 0.2) is 48.5 Å². The number of aliphatic hydroxyl groups excluding tert-OH is 1. The molecule has 0 aliphatic carbocycles. The Balaban J connectivity index is 1.88. The lowest BCUT2D eigenvalue weighted by Crippen LogP contribution is -2.30. The second kappa shape index (κ2) is 7.49. The number of carbonyl (C=O) groups excluding carboxylic acids is 1. The molecule has 25 heavy (non-hydrogen) atoms. The average molecular weight is 340 g/mol. The first-order chi connectivity index (χ1) is 12.0. The molecule has 0 aliphatic rings. The predicted molar refractivity (Wildman–Crippen MR) is 96.7 cm³/mol. The van der Waals surface area contributed by atoms with Crippen molar-refractivity contribution in [3.05, 3.63) is 59.9 Å². The maximum atomic E-state index is 13.2. The molecule has 1 heterocycles. The Bertz CT molecular complexity index is 869. The van der Waals surface area contributed by atoms with Gasteiger partial charge in [-0.05, 0) is 54.8 Å². The molecule has 0 saturated carbocycles. The summed E-state index contributed by atoms with van der Waals surface area (Å²) >= 11 is 0. The molecule has 3 rings (SSSR count). The van der Waals surface area contributed by atoms with Gasteiger partial charge in [-0.3, -0.25) is 4.79 Å². The summed E-state index contributed by atoms with van der Waals surface area (Å²) in [6, 6.07) is 14.2. The molecule has 130 valence electrons. The van der Waals surface area contributed by atoms with Gasteiger partial charge in [0.25, 0.3) is 0 Å². The van der Waals surface area contributed by atoms with Crippen LogP contribution < -0.4 is 5.32 Å². The summed E-state index contributed by atoms with van der Waals surface area (Å²) in [5.41, 5.74) is 3.82. The van der Waals surface area contributed by atoms with Gasteiger partial charge in [-0.2, -0.15) is 0 Å². The number of fused-ring (bicyclic) bond motifs is 1. The minimum absolute atomic E-state index is 0.101. The van der Waals surface area contributed by atoms with E-state index in [1.165, 1.54) is 12.1 Å². The van der Waals surface area contributed by atoms with E-state index < -0.39 is 6.10 Å². The van der Waals surface area contributed by atoms with Crippen molar-refractivity contribution in [2.75, 3.05) is 6.54 Å². The van der Waals surface area contributed by atoms with E-state index in [0.29, 0.717) is 12.8 Å². The van der Waals surface area contributed by atoms with Crippen LogP contribution in [0.4, 0.5) is 4.39 Å². The van der Waals surface area contributed by atoms with E-state index >= 15 is 0 Å². The van der Waals surface area contributed by atoms with Crippen LogP contribution in [-0.2, 0) is 11.2 Å². The normalized spacial score (nSPS) is 12.3. The van der Waals surface area contributed by atoms with E-state index in [9.17, 15) is 14.3 Å². The van der Waals surface area contributed by atoms with Crippen molar-refractivity contribution in [2.24, 2.45) is 0 Å². The second-order valence-electron chi connectivity index (χ2n) is 6.18. The van der Waals surface area contributed by atoms with Crippen molar-refractivity contribution in [1.82, 2.24) is 10.3 Å². The lowest BCUT2D eigenvalue weighted by atomic mass is 10.0. The number of aromatic nitrogens is 1. The number of amides is 1. The first-order valence-electron chi connectivity index (χ1n) is 8.35. The van der Waals surface area contributed by atoms with Crippen LogP contribution in [0.25, 0.3) is 22.2 Å². The molecule has 3 N–H and O–H groups in total. The second-order valence-corrected chi connectivity index (χ2v) is 6.18. The molecule has 1 amide bonds. The highest BCUT2D eigenvalue weighted by Gasteiger charge is 2.14. The standard InChI is InChI=1S/C20H21FN2O2/c1-13(24)12-22-19(25)11-10-17-16-4-2-3-5-18(16)23-20(17)14-6-8-15(21)9-7-14/h2-9,13,23-24H,10-12H2,1H3,(H,22,25). The monoisotopic (exact) mass is 340 g/mol. The van der Waals surface area contributed by atoms with Crippen molar-refractivity contribution in [1.29, 1.82) is 0 Å². The van der Waals surface area contributed by atoms with Crippen molar-refractivity contribution in [3.63, 3.8) is 0 Å². The number of aromatic amines is 1. The fourth-order valence-electron chi connectivity index (χ4n) is 2.91. The van der Waals surface area contributed by atoms with Gasteiger partial charge < -0.3 is 15.4 Å². The van der Waals surface area contributed by atoms with Gasteiger partial charge in [0.2, 0.25) is 5.91 Å². The van der Waals surface area contributed by atoms with Gasteiger partial charge in [0.05, 0.1) is 6.10 Å². The largest absolute Gasteiger partial charge is 0.392 e. The Morgan fingerprint density at radius 2 is 1.92 bits per heavy atom. The van der Waals surface area contributed by atoms with Crippen LogP contribution in [0.2, 0.25) is 0 Å². The molecule has 4 nitrogen and oxygen atoms in total. The van der Waals surface area contributed by atoms with E-state index in [1.54, 1.807) is 19.1 Å². The molecule has 5 heteroatoms. The number of carbonyl (C=O) groups is 1. The van der Waals surface area contributed by atoms with Gasteiger partial charge in [0.1, 0.15) is 5.82 Å². The summed E-state index contributed by atoms with van der Waals surface area (Å²) < 4.78 is 13.2. The van der Waals surface area contributed by atoms with Crippen LogP contribution >= 0.6 is 0 Å². The van der Waals surface area contributed by atoms with Gasteiger partial charge >= 0.3 is 0 Å². The van der Waals surface area contributed by atoms with E-state index in [0.717, 1.165) is 27.7 Å². The topological polar surface area (TPSA) is 65.1 Å². The molecular formula is C20H21FN2O2. The summed E-state index contributed by atoms with van der Waals surface area (Å²) in [7, 11) is 0. The van der Waals surface area contributed by atoms with Crippen molar-refractivity contribution >= 4 is 16.8 Å². The van der Waals surface area contributed by atoms with E-state index in [1.807, 2.05) is 24.3 Å². The zero-order valence-corrected chi connectivity index (χ0v) is 14.1. The van der Waals surface area contributed by atoms with E-state index in [4.69, 9.17) is 0 Å². The Morgan fingerprint density at radius 1 is 1.20 bits per heavy atom. The fraction of sp³-hybridized carbons (Fsp3) is 0.250. The van der Waals surface area contributed by atoms with Crippen molar-refractivity contribution in [3.8, 4) is 11.3 Å². The van der Waals surface area contributed by atoms with Gasteiger partial charge in [-0.15, -0.1) is 0 Å². The molecule has 0 fully saturated rings. The number of nitrogens with one attached hydrogen (secondary N) is 2. The highest BCUT2D eigenvalue weighted by Crippen LogP contribution is 2.31. The Hall–Kier alpha value is -2.66. The highest BCUT2D eigenvalue weighted by molar-refractivity contribution is 5.91. The van der Waals surface area contributed by atoms with Gasteiger partial charge in [0, 0.05) is 29.6 Å². The number of aliphatic hydroxyl groups is 1. The average Bonchev–Trinajstić information content (AvgIpc) is 2.97. The molecule has 1 aromatic heterocycles. The predicted octanol–water partition coefficient (Wildman–Crippen LogP) is 3.40. The molecule has 1 unspecified atom stereocenters. The smallest absolute Gasteiger partial charge is 0.220 e. The Kier molecular flexibility index (Phi) is 5.14. The quantitative estimate of drug-likeness (QED) is 0.644. The molecule has 3 aromatic rings. The first kappa shape index (κ1) is 17.2. The number of H-pyrrole nitrogens is 1. The summed E-state index contributed by atoms with van der Waals surface area (Å²) in [5.74, 6) is -0.379. The lowest BCUT2D eigenvalue weighted by Gasteiger charge is -2.08. The SMILES string of the molecule is CC(O)CNC(=O)CCc1c(-c2ccc(F)cc2)[nH]c2ccccc12. The molecule has 0 bridgehead atoms. The number of benzene rings is 2. The number of hydrogen-bond donors (Lipinski definition) is 3. The Morgan fingerprint density at radius 3 is 2.64 bits per heavy atom. The summed E-state index contributed by atoms with van der Waals surface area (Å²) in [6.45, 7) is 1.88. The number of para-hydroxylation sites is 1. The molecule has 1 atom stereocenters. The van der Waals surface area contributed by atoms with Crippen LogP contribution in [0.3, 0.4) is 0 Å². The van der Waals surface area contributed by atoms with E-state index in [2.05, 4.69) is 10.3 Å². The number of halogens is 1. The molecule has 0 spiro atoms. The molecular weight excluding hydrogens is 319 g/mol. The lowest BCUT2D eigenvalue weighted by molar-refractivity contribution is -0.121. The summed E-state index contributed by atoms with van der Waals surface area (Å²) in [6.07, 6.45) is 0.317. The number of rotatable bonds is 6. The summed E-state index contributed by atoms with van der Waals surface area (Å²) in [5, 5.41) is 13.0. The maximum Gasteiger partial charge on any atom is 0.220 e. The maximum absolute atomic E-state index is 13.2. The van der Waals surface area contributed by atoms with Gasteiger partial charge in [-0.25, -0.2) is 4.39 Å². The number of aryl methyl sites for hydroxylation is 1. The molecule has 0 saturated heterocycles. The fourth-order valence-corrected chi connectivity index (χ4v) is 2.91. The van der Waals surface area contributed by atoms with Crippen LogP contribution in [-0.4, -0.2) is 28.6 Å². The third-order valence-electron chi connectivity index (χ3n) is 4.14. The zero-order valence-electron chi connectivity index (χ0n) is 14.1. The zero-order chi connectivity index (χ0) is 17.8. The third kappa shape index (κ3) is 4.06. The van der Waals surface area contributed by atoms with Crippen LogP contribution in [0.1, 0.15) is 18.9 Å². The van der Waals surface area contributed by atoms with Gasteiger partial charge in [-0.1, -0.05) is 18.2 Å². The first-order valence-corrected chi connectivity index (χ1v) is 8.35. The summed E-state index contributed by atoms with van der Waals surface area (Å²) in [4.78, 5) is 15.4. The highest BCUT2D eigenvalue weighted by atomic mass is 19.1. The molecule has 0 aliphatic heterocycles. The van der Waals surface area contributed by atoms with E-state index in [-0.39, 0.29) is 18.3 Å². The minimum atomic E-state index is -0.563. The van der Waals surface area contributed by atoms with Crippen molar-refractivity contribution in [2.45, 2.75) is 25.9 Å². The molecule has 2 aromatic carbocycles. The van der Waals surface area contributed by atoms with Crippen molar-refractivity contribution < 1.29 is 14.3 Å². The molecule has 0 radical (unpaired) electrons. The minimum Gasteiger partial charge on any atom is -0.392 e. The number of hydrogen-bond acceptors (Lipinski definition) is 2.